The lowest BCUT2D eigenvalue weighted by Gasteiger charge is -2.15. The van der Waals surface area contributed by atoms with Crippen LogP contribution in [0.3, 0.4) is 0 Å². The van der Waals surface area contributed by atoms with Crippen LogP contribution in [-0.4, -0.2) is 37.2 Å². The van der Waals surface area contributed by atoms with Gasteiger partial charge in [0.05, 0.1) is 6.61 Å². The molecule has 1 aliphatic heterocycles. The Kier molecular flexibility index (Phi) is 4.07. The number of hydrogen-bond acceptors (Lipinski definition) is 3. The third-order valence-corrected chi connectivity index (χ3v) is 3.49. The number of anilines is 1. The number of nitrogens with one attached hydrogen (secondary N) is 1. The summed E-state index contributed by atoms with van der Waals surface area (Å²) < 4.78 is 18.9. The van der Waals surface area contributed by atoms with E-state index in [9.17, 15) is 4.39 Å². The first-order valence-corrected chi connectivity index (χ1v) is 6.49. The fourth-order valence-electron chi connectivity index (χ4n) is 2.40. The number of halogens is 1. The zero-order chi connectivity index (χ0) is 13.1. The highest BCUT2D eigenvalue weighted by Gasteiger charge is 2.25. The van der Waals surface area contributed by atoms with E-state index in [2.05, 4.69) is 24.2 Å². The standard InChI is InChI=1S/C14H21FN2O/c1-4-18-14-6-5-11(8-13(14)15)16-12-7-10(2)17(3)9-12/h5-6,8,10,12,16H,4,7,9H2,1-3H3. The highest BCUT2D eigenvalue weighted by molar-refractivity contribution is 5.48. The Balaban J connectivity index is 2.00. The Labute approximate surface area is 108 Å². The molecule has 2 atom stereocenters. The van der Waals surface area contributed by atoms with Crippen molar-refractivity contribution in [2.45, 2.75) is 32.4 Å². The molecule has 2 unspecified atom stereocenters. The molecule has 0 aliphatic carbocycles. The van der Waals surface area contributed by atoms with E-state index in [0.717, 1.165) is 18.7 Å². The summed E-state index contributed by atoms with van der Waals surface area (Å²) >= 11 is 0. The van der Waals surface area contributed by atoms with Gasteiger partial charge < -0.3 is 15.0 Å². The molecule has 0 bridgehead atoms. The van der Waals surface area contributed by atoms with Crippen LogP contribution in [0.4, 0.5) is 10.1 Å². The average molecular weight is 252 g/mol. The molecule has 1 saturated heterocycles. The highest BCUT2D eigenvalue weighted by Crippen LogP contribution is 2.24. The number of hydrogen-bond donors (Lipinski definition) is 1. The van der Waals surface area contributed by atoms with Crippen molar-refractivity contribution in [1.29, 1.82) is 0 Å². The molecule has 2 rings (SSSR count). The monoisotopic (exact) mass is 252 g/mol. The van der Waals surface area contributed by atoms with E-state index >= 15 is 0 Å². The summed E-state index contributed by atoms with van der Waals surface area (Å²) in [4.78, 5) is 2.31. The smallest absolute Gasteiger partial charge is 0.167 e. The molecule has 100 valence electrons. The Hall–Kier alpha value is -1.29. The van der Waals surface area contributed by atoms with E-state index < -0.39 is 0 Å². The Morgan fingerprint density at radius 2 is 2.28 bits per heavy atom. The lowest BCUT2D eigenvalue weighted by Crippen LogP contribution is -2.24. The highest BCUT2D eigenvalue weighted by atomic mass is 19.1. The Morgan fingerprint density at radius 1 is 1.50 bits per heavy atom. The Bertz CT molecular complexity index is 401. The molecule has 1 aromatic rings. The maximum atomic E-state index is 13.7. The molecule has 1 N–H and O–H groups in total. The fraction of sp³-hybridized carbons (Fsp3) is 0.571. The summed E-state index contributed by atoms with van der Waals surface area (Å²) in [6.07, 6.45) is 1.09. The summed E-state index contributed by atoms with van der Waals surface area (Å²) in [7, 11) is 2.12. The van der Waals surface area contributed by atoms with Gasteiger partial charge in [0.25, 0.3) is 0 Å². The van der Waals surface area contributed by atoms with Crippen LogP contribution in [0.2, 0.25) is 0 Å². The number of benzene rings is 1. The van der Waals surface area contributed by atoms with E-state index in [-0.39, 0.29) is 5.82 Å². The summed E-state index contributed by atoms with van der Waals surface area (Å²) in [6.45, 7) is 5.53. The lowest BCUT2D eigenvalue weighted by molar-refractivity contribution is 0.321. The summed E-state index contributed by atoms with van der Waals surface area (Å²) in [5.41, 5.74) is 0.823. The van der Waals surface area contributed by atoms with Gasteiger partial charge in [-0.1, -0.05) is 0 Å². The maximum Gasteiger partial charge on any atom is 0.167 e. The number of likely N-dealkylation sites (N-methyl/N-ethyl adjacent to an activating group) is 1. The van der Waals surface area contributed by atoms with Crippen molar-refractivity contribution in [3.63, 3.8) is 0 Å². The summed E-state index contributed by atoms with van der Waals surface area (Å²) in [5.74, 6) is 0.0150. The minimum Gasteiger partial charge on any atom is -0.491 e. The Morgan fingerprint density at radius 3 is 2.83 bits per heavy atom. The van der Waals surface area contributed by atoms with Gasteiger partial charge in [-0.3, -0.25) is 0 Å². The van der Waals surface area contributed by atoms with Crippen molar-refractivity contribution in [3.8, 4) is 5.75 Å². The number of likely N-dealkylation sites (tertiary alicyclic amines) is 1. The van der Waals surface area contributed by atoms with E-state index in [1.54, 1.807) is 6.07 Å². The minimum atomic E-state index is -0.304. The van der Waals surface area contributed by atoms with Gasteiger partial charge in [-0.05, 0) is 39.4 Å². The normalized spacial score (nSPS) is 24.2. The topological polar surface area (TPSA) is 24.5 Å². The second-order valence-corrected chi connectivity index (χ2v) is 4.94. The van der Waals surface area contributed by atoms with Crippen LogP contribution in [0.15, 0.2) is 18.2 Å². The molecule has 0 spiro atoms. The average Bonchev–Trinajstić information content (AvgIpc) is 2.62. The molecule has 1 heterocycles. The zero-order valence-corrected chi connectivity index (χ0v) is 11.2. The van der Waals surface area contributed by atoms with Crippen molar-refractivity contribution in [2.75, 3.05) is 25.5 Å². The third kappa shape index (κ3) is 2.93. The second-order valence-electron chi connectivity index (χ2n) is 4.94. The first-order valence-electron chi connectivity index (χ1n) is 6.49. The molecule has 18 heavy (non-hydrogen) atoms. The molecule has 1 aromatic carbocycles. The molecule has 0 amide bonds. The van der Waals surface area contributed by atoms with Crippen molar-refractivity contribution in [3.05, 3.63) is 24.0 Å². The summed E-state index contributed by atoms with van der Waals surface area (Å²) in [6, 6.07) is 6.03. The van der Waals surface area contributed by atoms with E-state index in [1.165, 1.54) is 6.07 Å². The SMILES string of the molecule is CCOc1ccc(NC2CC(C)N(C)C2)cc1F. The number of ether oxygens (including phenoxy) is 1. The third-order valence-electron chi connectivity index (χ3n) is 3.49. The second kappa shape index (κ2) is 5.57. The molecule has 0 radical (unpaired) electrons. The maximum absolute atomic E-state index is 13.7. The number of nitrogens with zero attached hydrogens (tertiary/aromatic N) is 1. The van der Waals surface area contributed by atoms with Crippen LogP contribution in [-0.2, 0) is 0 Å². The molecule has 0 aromatic heterocycles. The minimum absolute atomic E-state index is 0.304. The van der Waals surface area contributed by atoms with Gasteiger partial charge >= 0.3 is 0 Å². The van der Waals surface area contributed by atoms with Gasteiger partial charge in [0.2, 0.25) is 0 Å². The van der Waals surface area contributed by atoms with E-state index in [4.69, 9.17) is 4.74 Å². The first-order chi connectivity index (χ1) is 8.60. The van der Waals surface area contributed by atoms with E-state index in [0.29, 0.717) is 24.4 Å². The quantitative estimate of drug-likeness (QED) is 0.891. The predicted molar refractivity (Wildman–Crippen MR) is 71.7 cm³/mol. The van der Waals surface area contributed by atoms with Gasteiger partial charge in [-0.25, -0.2) is 4.39 Å². The van der Waals surface area contributed by atoms with Crippen LogP contribution >= 0.6 is 0 Å². The van der Waals surface area contributed by atoms with Crippen LogP contribution in [0.1, 0.15) is 20.3 Å². The van der Waals surface area contributed by atoms with E-state index in [1.807, 2.05) is 13.0 Å². The molecule has 4 heteroatoms. The van der Waals surface area contributed by atoms with Gasteiger partial charge in [-0.2, -0.15) is 0 Å². The molecule has 1 fully saturated rings. The van der Waals surface area contributed by atoms with Crippen LogP contribution < -0.4 is 10.1 Å². The largest absolute Gasteiger partial charge is 0.491 e. The van der Waals surface area contributed by atoms with Crippen molar-refractivity contribution in [2.24, 2.45) is 0 Å². The van der Waals surface area contributed by atoms with Gasteiger partial charge in [-0.15, -0.1) is 0 Å². The van der Waals surface area contributed by atoms with Crippen molar-refractivity contribution < 1.29 is 9.13 Å². The van der Waals surface area contributed by atoms with Gasteiger partial charge in [0.1, 0.15) is 0 Å². The molecule has 1 aliphatic rings. The molecule has 3 nitrogen and oxygen atoms in total. The zero-order valence-electron chi connectivity index (χ0n) is 11.2. The first kappa shape index (κ1) is 13.1. The molecular formula is C14H21FN2O. The van der Waals surface area contributed by atoms with Gasteiger partial charge in [0.15, 0.2) is 11.6 Å². The lowest BCUT2D eigenvalue weighted by atomic mass is 10.2. The summed E-state index contributed by atoms with van der Waals surface area (Å²) in [5, 5.41) is 3.37. The molecule has 0 saturated carbocycles. The number of rotatable bonds is 4. The predicted octanol–water partition coefficient (Wildman–Crippen LogP) is 2.73. The van der Waals surface area contributed by atoms with Crippen LogP contribution in [0, 0.1) is 5.82 Å². The molecular weight excluding hydrogens is 231 g/mol. The fourth-order valence-corrected chi connectivity index (χ4v) is 2.40. The van der Waals surface area contributed by atoms with Crippen LogP contribution in [0.25, 0.3) is 0 Å². The van der Waals surface area contributed by atoms with Crippen molar-refractivity contribution in [1.82, 2.24) is 4.90 Å². The van der Waals surface area contributed by atoms with Crippen molar-refractivity contribution >= 4 is 5.69 Å². The van der Waals surface area contributed by atoms with Gasteiger partial charge in [0, 0.05) is 30.4 Å². The van der Waals surface area contributed by atoms with Crippen LogP contribution in [0.5, 0.6) is 5.75 Å².